The molecule has 1 fully saturated rings. The molecular weight excluding hydrogens is 424 g/mol. The molecule has 1 aromatic heterocycles. The summed E-state index contributed by atoms with van der Waals surface area (Å²) in [4.78, 5) is 23.7. The number of nitrogens with one attached hydrogen (secondary N) is 2. The minimum Gasteiger partial charge on any atom is -0.454 e. The Balaban J connectivity index is 1.26. The molecule has 2 aromatic rings. The summed E-state index contributed by atoms with van der Waals surface area (Å²) < 4.78 is 38.8. The van der Waals surface area contributed by atoms with Crippen LogP contribution in [0.2, 0.25) is 0 Å². The van der Waals surface area contributed by atoms with E-state index < -0.39 is 27.8 Å². The first-order valence-corrected chi connectivity index (χ1v) is 11.4. The van der Waals surface area contributed by atoms with E-state index in [1.807, 2.05) is 0 Å². The van der Waals surface area contributed by atoms with E-state index >= 15 is 0 Å². The lowest BCUT2D eigenvalue weighted by Gasteiger charge is -2.10. The smallest absolute Gasteiger partial charge is 0.321 e. The Hall–Kier alpha value is -2.80. The summed E-state index contributed by atoms with van der Waals surface area (Å²) in [5.74, 6) is 0.684. The number of nitrogens with zero attached hydrogens (tertiary/aromatic N) is 2. The van der Waals surface area contributed by atoms with Crippen molar-refractivity contribution in [1.29, 1.82) is 0 Å². The highest BCUT2D eigenvalue weighted by atomic mass is 32.2. The van der Waals surface area contributed by atoms with Crippen LogP contribution in [0.25, 0.3) is 11.5 Å². The molecule has 3 amide bonds. The molecule has 0 aliphatic carbocycles. The number of ether oxygens (including phenoxy) is 2. The van der Waals surface area contributed by atoms with Crippen LogP contribution in [0.3, 0.4) is 0 Å². The van der Waals surface area contributed by atoms with Crippen LogP contribution in [-0.4, -0.2) is 60.6 Å². The second-order valence-corrected chi connectivity index (χ2v) is 9.51. The van der Waals surface area contributed by atoms with Gasteiger partial charge in [0.1, 0.15) is 0 Å². The van der Waals surface area contributed by atoms with Crippen molar-refractivity contribution in [1.82, 2.24) is 20.8 Å². The highest BCUT2D eigenvalue weighted by Crippen LogP contribution is 2.35. The van der Waals surface area contributed by atoms with Gasteiger partial charge in [-0.1, -0.05) is 11.8 Å². The number of benzene rings is 1. The zero-order valence-electron chi connectivity index (χ0n) is 14.9. The van der Waals surface area contributed by atoms with Gasteiger partial charge in [0.05, 0.1) is 17.3 Å². The van der Waals surface area contributed by atoms with Crippen LogP contribution in [0.5, 0.6) is 11.5 Å². The minimum absolute atomic E-state index is 0.0324. The van der Waals surface area contributed by atoms with Crippen LogP contribution in [0.1, 0.15) is 6.42 Å². The largest absolute Gasteiger partial charge is 0.454 e. The molecule has 0 spiro atoms. The molecule has 3 heterocycles. The molecule has 1 unspecified atom stereocenters. The first-order valence-electron chi connectivity index (χ1n) is 8.55. The van der Waals surface area contributed by atoms with Crippen LogP contribution in [0.4, 0.5) is 4.79 Å². The van der Waals surface area contributed by atoms with Crippen LogP contribution >= 0.6 is 11.8 Å². The maximum atomic E-state index is 11.9. The number of thioether (sulfide) groups is 1. The van der Waals surface area contributed by atoms with E-state index in [9.17, 15) is 18.0 Å². The van der Waals surface area contributed by atoms with Gasteiger partial charge in [-0.25, -0.2) is 13.2 Å². The van der Waals surface area contributed by atoms with Gasteiger partial charge in [-0.15, -0.1) is 10.2 Å². The van der Waals surface area contributed by atoms with Crippen LogP contribution < -0.4 is 20.1 Å². The normalized spacial score (nSPS) is 19.1. The molecule has 2 aliphatic rings. The van der Waals surface area contributed by atoms with Crippen molar-refractivity contribution >= 4 is 33.5 Å². The SMILES string of the molecule is O=C(CSc1nnc(-c2ccc3c(c2)OCO3)o1)NC(=O)NC1CCS(=O)(=O)C1. The lowest BCUT2D eigenvalue weighted by molar-refractivity contribution is -0.117. The highest BCUT2D eigenvalue weighted by Gasteiger charge is 2.29. The number of aromatic nitrogens is 2. The Labute approximate surface area is 169 Å². The van der Waals surface area contributed by atoms with Gasteiger partial charge in [0.25, 0.3) is 5.22 Å². The van der Waals surface area contributed by atoms with Crippen molar-refractivity contribution in [3.05, 3.63) is 18.2 Å². The molecule has 0 bridgehead atoms. The summed E-state index contributed by atoms with van der Waals surface area (Å²) in [6.45, 7) is 0.156. The Kier molecular flexibility index (Phi) is 5.32. The maximum Gasteiger partial charge on any atom is 0.321 e. The highest BCUT2D eigenvalue weighted by molar-refractivity contribution is 7.99. The predicted octanol–water partition coefficient (Wildman–Crippen LogP) is 0.570. The van der Waals surface area contributed by atoms with Gasteiger partial charge in [0, 0.05) is 11.6 Å². The summed E-state index contributed by atoms with van der Waals surface area (Å²) in [6.07, 6.45) is 0.337. The van der Waals surface area contributed by atoms with E-state index in [0.29, 0.717) is 23.5 Å². The summed E-state index contributed by atoms with van der Waals surface area (Å²) in [5, 5.41) is 12.6. The van der Waals surface area contributed by atoms with Crippen molar-refractivity contribution in [2.24, 2.45) is 0 Å². The first kappa shape index (κ1) is 19.5. The quantitative estimate of drug-likeness (QED) is 0.632. The van der Waals surface area contributed by atoms with Crippen LogP contribution in [0, 0.1) is 0 Å². The summed E-state index contributed by atoms with van der Waals surface area (Å²) >= 11 is 0.970. The predicted molar refractivity (Wildman–Crippen MR) is 100 cm³/mol. The van der Waals surface area contributed by atoms with Gasteiger partial charge in [-0.3, -0.25) is 10.1 Å². The van der Waals surface area contributed by atoms with Gasteiger partial charge in [-0.2, -0.15) is 0 Å². The van der Waals surface area contributed by atoms with Gasteiger partial charge in [0.2, 0.25) is 18.6 Å². The number of fused-ring (bicyclic) bond motifs is 1. The number of carbonyl (C=O) groups is 2. The van der Waals surface area contributed by atoms with Gasteiger partial charge >= 0.3 is 6.03 Å². The van der Waals surface area contributed by atoms with E-state index in [1.54, 1.807) is 18.2 Å². The zero-order chi connectivity index (χ0) is 20.4. The fraction of sp³-hybridized carbons (Fsp3) is 0.375. The van der Waals surface area contributed by atoms with E-state index in [2.05, 4.69) is 20.8 Å². The van der Waals surface area contributed by atoms with Gasteiger partial charge < -0.3 is 19.2 Å². The molecule has 29 heavy (non-hydrogen) atoms. The molecule has 1 saturated heterocycles. The molecular formula is C16H16N4O7S2. The number of urea groups is 1. The van der Waals surface area contributed by atoms with Crippen molar-refractivity contribution in [2.45, 2.75) is 17.7 Å². The lowest BCUT2D eigenvalue weighted by atomic mass is 10.2. The number of hydrogen-bond donors (Lipinski definition) is 2. The average Bonchev–Trinajstić information content (AvgIpc) is 3.38. The fourth-order valence-electron chi connectivity index (χ4n) is 2.83. The topological polar surface area (TPSA) is 150 Å². The maximum absolute atomic E-state index is 11.9. The summed E-state index contributed by atoms with van der Waals surface area (Å²) in [6, 6.07) is 3.97. The van der Waals surface area contributed by atoms with Crippen molar-refractivity contribution in [2.75, 3.05) is 24.1 Å². The number of carbonyl (C=O) groups excluding carboxylic acids is 2. The number of amides is 3. The summed E-state index contributed by atoms with van der Waals surface area (Å²) in [5.41, 5.74) is 0.643. The number of hydrogen-bond acceptors (Lipinski definition) is 10. The summed E-state index contributed by atoms with van der Waals surface area (Å²) in [7, 11) is -3.11. The molecule has 154 valence electrons. The first-order chi connectivity index (χ1) is 13.9. The molecule has 0 radical (unpaired) electrons. The fourth-order valence-corrected chi connectivity index (χ4v) is 5.07. The Morgan fingerprint density at radius 1 is 1.21 bits per heavy atom. The van der Waals surface area contributed by atoms with Crippen molar-refractivity contribution < 1.29 is 31.9 Å². The van der Waals surface area contributed by atoms with E-state index in [1.165, 1.54) is 0 Å². The van der Waals surface area contributed by atoms with Crippen molar-refractivity contribution in [3.63, 3.8) is 0 Å². The molecule has 1 atom stereocenters. The second kappa shape index (κ2) is 7.91. The molecule has 2 aliphatic heterocycles. The van der Waals surface area contributed by atoms with Crippen LogP contribution in [0.15, 0.2) is 27.8 Å². The molecule has 0 saturated carbocycles. The van der Waals surface area contributed by atoms with E-state index in [4.69, 9.17) is 13.9 Å². The molecule has 13 heteroatoms. The third kappa shape index (κ3) is 4.79. The molecule has 2 N–H and O–H groups in total. The number of rotatable bonds is 5. The van der Waals surface area contributed by atoms with Gasteiger partial charge in [-0.05, 0) is 24.6 Å². The number of imide groups is 1. The third-order valence-electron chi connectivity index (χ3n) is 4.17. The van der Waals surface area contributed by atoms with E-state index in [0.717, 1.165) is 11.8 Å². The molecule has 1 aromatic carbocycles. The van der Waals surface area contributed by atoms with Crippen molar-refractivity contribution in [3.8, 4) is 23.0 Å². The Morgan fingerprint density at radius 2 is 2.03 bits per heavy atom. The Morgan fingerprint density at radius 3 is 2.83 bits per heavy atom. The van der Waals surface area contributed by atoms with Crippen LogP contribution in [-0.2, 0) is 14.6 Å². The standard InChI is InChI=1S/C16H16N4O7S2/c21-13(18-15(22)17-10-3-4-29(23,24)7-10)6-28-16-20-19-14(27-16)9-1-2-11-12(5-9)26-8-25-11/h1-2,5,10H,3-4,6-8H2,(H2,17,18,21,22). The third-order valence-corrected chi connectivity index (χ3v) is 6.76. The zero-order valence-corrected chi connectivity index (χ0v) is 16.5. The van der Waals surface area contributed by atoms with E-state index in [-0.39, 0.29) is 35.2 Å². The Bertz CT molecular complexity index is 1050. The molecule has 11 nitrogen and oxygen atoms in total. The minimum atomic E-state index is -3.11. The van der Waals surface area contributed by atoms with Gasteiger partial charge in [0.15, 0.2) is 21.3 Å². The molecule has 4 rings (SSSR count). The average molecular weight is 440 g/mol. The number of sulfone groups is 1. The lowest BCUT2D eigenvalue weighted by Crippen LogP contribution is -2.45. The monoisotopic (exact) mass is 440 g/mol. The second-order valence-electron chi connectivity index (χ2n) is 6.35.